The zero-order chi connectivity index (χ0) is 23.4. The number of anilines is 2. The van der Waals surface area contributed by atoms with Crippen LogP contribution in [-0.2, 0) is 6.54 Å². The van der Waals surface area contributed by atoms with Gasteiger partial charge in [-0.25, -0.2) is 8.78 Å². The molecule has 33 heavy (non-hydrogen) atoms. The molecule has 0 atom stereocenters. The normalized spacial score (nSPS) is 15.7. The van der Waals surface area contributed by atoms with E-state index in [0.29, 0.717) is 29.7 Å². The molecule has 1 heterocycles. The number of piperidine rings is 1. The van der Waals surface area contributed by atoms with Gasteiger partial charge in [-0.3, -0.25) is 0 Å². The zero-order valence-corrected chi connectivity index (χ0v) is 19.4. The molecule has 0 unspecified atom stereocenters. The summed E-state index contributed by atoms with van der Waals surface area (Å²) in [5.41, 5.74) is 4.45. The number of aromatic hydroxyl groups is 1. The molecule has 0 spiro atoms. The maximum atomic E-state index is 13.4. The summed E-state index contributed by atoms with van der Waals surface area (Å²) < 4.78 is 26.7. The molecule has 0 radical (unpaired) electrons. The van der Waals surface area contributed by atoms with Gasteiger partial charge in [-0.05, 0) is 59.7 Å². The molecule has 172 valence electrons. The van der Waals surface area contributed by atoms with Crippen LogP contribution in [0.1, 0.15) is 29.5 Å². The molecule has 3 nitrogen and oxygen atoms in total. The van der Waals surface area contributed by atoms with Crippen LogP contribution >= 0.6 is 23.2 Å². The van der Waals surface area contributed by atoms with Gasteiger partial charge in [0.25, 0.3) is 5.92 Å². The molecule has 0 saturated carbocycles. The predicted octanol–water partition coefficient (Wildman–Crippen LogP) is 7.72. The van der Waals surface area contributed by atoms with Gasteiger partial charge in [0, 0.05) is 49.4 Å². The Morgan fingerprint density at radius 3 is 2.18 bits per heavy atom. The Morgan fingerprint density at radius 2 is 1.52 bits per heavy atom. The maximum absolute atomic E-state index is 13.4. The summed E-state index contributed by atoms with van der Waals surface area (Å²) in [5, 5.41) is 14.6. The summed E-state index contributed by atoms with van der Waals surface area (Å²) in [6.45, 7) is 1.15. The lowest BCUT2D eigenvalue weighted by Crippen LogP contribution is -2.39. The van der Waals surface area contributed by atoms with E-state index >= 15 is 0 Å². The first-order valence-electron chi connectivity index (χ1n) is 10.7. The number of nitrogens with zero attached hydrogens (tertiary/aromatic N) is 1. The molecule has 3 aromatic carbocycles. The van der Waals surface area contributed by atoms with Crippen LogP contribution in [-0.4, -0.2) is 24.1 Å². The molecule has 1 fully saturated rings. The van der Waals surface area contributed by atoms with Crippen LogP contribution in [0.15, 0.2) is 60.7 Å². The van der Waals surface area contributed by atoms with Crippen LogP contribution in [0.3, 0.4) is 0 Å². The first kappa shape index (κ1) is 23.4. The second-order valence-electron chi connectivity index (χ2n) is 8.14. The standard InChI is InChI=1S/C26H24Cl2F2N2O/c27-23-9-3-19(16-24(23)28)2-1-18-4-10-25(33)20(15-18)17-31-21-5-7-22(8-6-21)32-13-11-26(29,30)12-14-32/h1-10,15-16,31,33H,11-14,17H2/b2-1+. The summed E-state index contributed by atoms with van der Waals surface area (Å²) in [7, 11) is 0. The minimum atomic E-state index is -2.55. The third-order valence-electron chi connectivity index (χ3n) is 5.73. The van der Waals surface area contributed by atoms with Crippen molar-refractivity contribution >= 4 is 46.7 Å². The monoisotopic (exact) mass is 488 g/mol. The topological polar surface area (TPSA) is 35.5 Å². The molecule has 0 bridgehead atoms. The van der Waals surface area contributed by atoms with Crippen molar-refractivity contribution in [2.45, 2.75) is 25.3 Å². The number of nitrogens with one attached hydrogen (secondary N) is 1. The zero-order valence-electron chi connectivity index (χ0n) is 17.9. The highest BCUT2D eigenvalue weighted by Crippen LogP contribution is 2.31. The number of rotatable bonds is 6. The van der Waals surface area contributed by atoms with E-state index in [9.17, 15) is 13.9 Å². The van der Waals surface area contributed by atoms with Crippen LogP contribution < -0.4 is 10.2 Å². The average molecular weight is 489 g/mol. The van der Waals surface area contributed by atoms with Crippen molar-refractivity contribution in [2.24, 2.45) is 0 Å². The molecule has 0 aromatic heterocycles. The summed E-state index contributed by atoms with van der Waals surface area (Å²) in [4.78, 5) is 1.98. The van der Waals surface area contributed by atoms with Crippen molar-refractivity contribution in [3.05, 3.63) is 87.4 Å². The van der Waals surface area contributed by atoms with Crippen molar-refractivity contribution in [1.29, 1.82) is 0 Å². The summed E-state index contributed by atoms with van der Waals surface area (Å²) in [5.74, 6) is -2.34. The third-order valence-corrected chi connectivity index (χ3v) is 6.46. The number of hydrogen-bond donors (Lipinski definition) is 2. The lowest BCUT2D eigenvalue weighted by Gasteiger charge is -2.33. The van der Waals surface area contributed by atoms with Gasteiger partial charge in [-0.2, -0.15) is 0 Å². The molecule has 0 amide bonds. The molecular weight excluding hydrogens is 465 g/mol. The van der Waals surface area contributed by atoms with Crippen LogP contribution in [0.5, 0.6) is 5.75 Å². The van der Waals surface area contributed by atoms with Gasteiger partial charge in [0.1, 0.15) is 5.75 Å². The molecule has 7 heteroatoms. The van der Waals surface area contributed by atoms with E-state index < -0.39 is 5.92 Å². The Labute approximate surface area is 202 Å². The smallest absolute Gasteiger partial charge is 0.251 e. The quantitative estimate of drug-likeness (QED) is 0.348. The highest BCUT2D eigenvalue weighted by atomic mass is 35.5. The minimum absolute atomic E-state index is 0.109. The number of alkyl halides is 2. The van der Waals surface area contributed by atoms with E-state index in [1.54, 1.807) is 18.2 Å². The molecule has 1 aliphatic rings. The van der Waals surface area contributed by atoms with Gasteiger partial charge in [-0.1, -0.05) is 47.5 Å². The molecule has 1 aliphatic heterocycles. The Bertz CT molecular complexity index is 1140. The van der Waals surface area contributed by atoms with Gasteiger partial charge < -0.3 is 15.3 Å². The van der Waals surface area contributed by atoms with Crippen LogP contribution in [0, 0.1) is 0 Å². The van der Waals surface area contributed by atoms with Crippen molar-refractivity contribution in [3.8, 4) is 5.75 Å². The SMILES string of the molecule is Oc1ccc(/C=C/c2ccc(Cl)c(Cl)c2)cc1CNc1ccc(N2CCC(F)(F)CC2)cc1. The van der Waals surface area contributed by atoms with Crippen LogP contribution in [0.25, 0.3) is 12.2 Å². The average Bonchev–Trinajstić information content (AvgIpc) is 2.80. The number of halogens is 4. The van der Waals surface area contributed by atoms with E-state index in [0.717, 1.165) is 28.1 Å². The fourth-order valence-electron chi connectivity index (χ4n) is 3.74. The third kappa shape index (κ3) is 6.18. The van der Waals surface area contributed by atoms with Gasteiger partial charge >= 0.3 is 0 Å². The van der Waals surface area contributed by atoms with E-state index in [1.165, 1.54) is 0 Å². The second-order valence-corrected chi connectivity index (χ2v) is 8.95. The number of benzene rings is 3. The van der Waals surface area contributed by atoms with E-state index in [4.69, 9.17) is 23.2 Å². The highest BCUT2D eigenvalue weighted by molar-refractivity contribution is 6.42. The Morgan fingerprint density at radius 1 is 0.879 bits per heavy atom. The summed E-state index contributed by atoms with van der Waals surface area (Å²) >= 11 is 12.0. The van der Waals surface area contributed by atoms with Gasteiger partial charge in [0.2, 0.25) is 0 Å². The van der Waals surface area contributed by atoms with Gasteiger partial charge in [0.15, 0.2) is 0 Å². The Hall–Kier alpha value is -2.76. The molecule has 2 N–H and O–H groups in total. The molecule has 1 saturated heterocycles. The minimum Gasteiger partial charge on any atom is -0.508 e. The van der Waals surface area contributed by atoms with E-state index in [2.05, 4.69) is 5.32 Å². The van der Waals surface area contributed by atoms with Gasteiger partial charge in [0.05, 0.1) is 10.0 Å². The lowest BCUT2D eigenvalue weighted by molar-refractivity contribution is -0.0220. The number of hydrogen-bond acceptors (Lipinski definition) is 3. The van der Waals surface area contributed by atoms with Crippen molar-refractivity contribution in [3.63, 3.8) is 0 Å². The maximum Gasteiger partial charge on any atom is 0.251 e. The summed E-state index contributed by atoms with van der Waals surface area (Å²) in [6.07, 6.45) is 3.66. The molecular formula is C26H24Cl2F2N2O. The molecule has 0 aliphatic carbocycles. The summed E-state index contributed by atoms with van der Waals surface area (Å²) in [6, 6.07) is 18.6. The number of phenolic OH excluding ortho intramolecular Hbond substituents is 1. The predicted molar refractivity (Wildman–Crippen MR) is 134 cm³/mol. The van der Waals surface area contributed by atoms with Crippen molar-refractivity contribution in [1.82, 2.24) is 0 Å². The molecule has 3 aromatic rings. The first-order chi connectivity index (χ1) is 15.8. The van der Waals surface area contributed by atoms with Crippen molar-refractivity contribution in [2.75, 3.05) is 23.3 Å². The van der Waals surface area contributed by atoms with Crippen molar-refractivity contribution < 1.29 is 13.9 Å². The fourth-order valence-corrected chi connectivity index (χ4v) is 4.05. The number of phenols is 1. The van der Waals surface area contributed by atoms with Crippen LogP contribution in [0.2, 0.25) is 10.0 Å². The lowest BCUT2D eigenvalue weighted by atomic mass is 10.1. The van der Waals surface area contributed by atoms with Gasteiger partial charge in [-0.15, -0.1) is 0 Å². The first-order valence-corrected chi connectivity index (χ1v) is 11.5. The highest BCUT2D eigenvalue weighted by Gasteiger charge is 2.33. The molecule has 4 rings (SSSR count). The fraction of sp³-hybridized carbons (Fsp3) is 0.231. The second kappa shape index (κ2) is 10.0. The Kier molecular flexibility index (Phi) is 7.11. The Balaban J connectivity index is 1.38. The van der Waals surface area contributed by atoms with E-state index in [-0.39, 0.29) is 18.6 Å². The largest absolute Gasteiger partial charge is 0.508 e. The van der Waals surface area contributed by atoms with Crippen LogP contribution in [0.4, 0.5) is 20.2 Å². The van der Waals surface area contributed by atoms with E-state index in [1.807, 2.05) is 59.5 Å².